The van der Waals surface area contributed by atoms with Crippen LogP contribution < -0.4 is 4.89 Å². The average Bonchev–Trinajstić information content (AvgIpc) is 3.34. The van der Waals surface area contributed by atoms with Crippen molar-refractivity contribution >= 4 is 19.8 Å². The number of nitrogens with zero attached hydrogens (tertiary/aromatic N) is 1. The van der Waals surface area contributed by atoms with Gasteiger partial charge in [-0.15, -0.1) is 0 Å². The molecule has 0 N–H and O–H groups in total. The highest BCUT2D eigenvalue weighted by atomic mass is 31.2. The third-order valence-electron chi connectivity index (χ3n) is 12.7. The van der Waals surface area contributed by atoms with Crippen LogP contribution >= 0.6 is 7.82 Å². The Hall–Kier alpha value is -2.55. The summed E-state index contributed by atoms with van der Waals surface area (Å²) in [6.45, 7) is 4.10. The van der Waals surface area contributed by atoms with Crippen LogP contribution in [0.5, 0.6) is 0 Å². The highest BCUT2D eigenvalue weighted by molar-refractivity contribution is 7.45. The van der Waals surface area contributed by atoms with Crippen LogP contribution in [0, 0.1) is 0 Å². The number of quaternary nitrogens is 1. The molecule has 0 amide bonds. The van der Waals surface area contributed by atoms with E-state index in [1.165, 1.54) is 148 Å². The number of hydrogen-bond donors (Lipinski definition) is 0. The molecule has 0 radical (unpaired) electrons. The van der Waals surface area contributed by atoms with Gasteiger partial charge in [0.05, 0.1) is 27.7 Å². The van der Waals surface area contributed by atoms with Crippen LogP contribution in [-0.4, -0.2) is 70.0 Å². The van der Waals surface area contributed by atoms with E-state index >= 15 is 0 Å². The van der Waals surface area contributed by atoms with E-state index in [-0.39, 0.29) is 32.0 Å². The topological polar surface area (TPSA) is 111 Å². The molecule has 418 valence electrons. The maximum atomic E-state index is 12.8. The zero-order valence-corrected chi connectivity index (χ0v) is 48.3. The molecule has 2 unspecified atom stereocenters. The molecule has 0 aromatic carbocycles. The Balaban J connectivity index is 4.07. The Bertz CT molecular complexity index is 1450. The van der Waals surface area contributed by atoms with Crippen molar-refractivity contribution in [1.29, 1.82) is 0 Å². The fourth-order valence-electron chi connectivity index (χ4n) is 8.15. The van der Waals surface area contributed by atoms with Gasteiger partial charge >= 0.3 is 11.9 Å². The first-order chi connectivity index (χ1) is 35.0. The van der Waals surface area contributed by atoms with Crippen LogP contribution in [0.4, 0.5) is 0 Å². The van der Waals surface area contributed by atoms with Gasteiger partial charge in [-0.1, -0.05) is 234 Å². The Kier molecular flexibility index (Phi) is 51.4. The molecule has 0 saturated heterocycles. The molecule has 0 rings (SSSR count). The Morgan fingerprint density at radius 1 is 0.444 bits per heavy atom. The van der Waals surface area contributed by atoms with Crippen molar-refractivity contribution in [2.75, 3.05) is 47.5 Å². The fourth-order valence-corrected chi connectivity index (χ4v) is 8.88. The number of allylic oxidation sites excluding steroid dienone is 12. The van der Waals surface area contributed by atoms with Gasteiger partial charge < -0.3 is 27.9 Å². The van der Waals surface area contributed by atoms with E-state index in [4.69, 9.17) is 18.5 Å². The molecule has 0 saturated carbocycles. The molecule has 0 aromatic rings. The standard InChI is InChI=1S/C62H112NO8P/c1-6-8-10-12-14-16-18-20-22-24-25-26-27-28-29-30-31-32-33-34-35-36-37-39-40-42-44-46-48-50-52-54-61(64)68-58-60(59-70-72(66,67)69-57-56-63(3,4)5)71-62(65)55-53-51-49-47-45-43-41-38-23-21-19-17-15-13-11-9-7-2/h9,11,15,17-18,20-21,23-25,41,43,60H,6-8,10,12-14,16,19,22,26-40,42,44-59H2,1-5H3/b11-9-,17-15-,20-18-,23-21-,25-24-,43-41-. The quantitative estimate of drug-likeness (QED) is 0.0195. The number of rotatable bonds is 54. The third kappa shape index (κ3) is 56.7. The lowest BCUT2D eigenvalue weighted by atomic mass is 10.0. The van der Waals surface area contributed by atoms with E-state index in [0.29, 0.717) is 17.4 Å². The summed E-state index contributed by atoms with van der Waals surface area (Å²) in [5.74, 6) is -0.857. The second-order valence-corrected chi connectivity index (χ2v) is 22.4. The number of hydrogen-bond acceptors (Lipinski definition) is 8. The summed E-state index contributed by atoms with van der Waals surface area (Å²) in [6, 6.07) is 0. The molecule has 0 aromatic heterocycles. The van der Waals surface area contributed by atoms with Crippen LogP contribution in [0.1, 0.15) is 258 Å². The number of phosphoric ester groups is 1. The minimum Gasteiger partial charge on any atom is -0.756 e. The maximum Gasteiger partial charge on any atom is 0.306 e. The Morgan fingerprint density at radius 3 is 1.18 bits per heavy atom. The molecule has 0 aliphatic heterocycles. The minimum atomic E-state index is -4.64. The Labute approximate surface area is 444 Å². The van der Waals surface area contributed by atoms with Crippen molar-refractivity contribution in [3.63, 3.8) is 0 Å². The predicted molar refractivity (Wildman–Crippen MR) is 305 cm³/mol. The summed E-state index contributed by atoms with van der Waals surface area (Å²) in [7, 11) is 1.15. The zero-order chi connectivity index (χ0) is 52.7. The largest absolute Gasteiger partial charge is 0.756 e. The summed E-state index contributed by atoms with van der Waals surface area (Å²) in [4.78, 5) is 37.8. The molecular formula is C62H112NO8P. The van der Waals surface area contributed by atoms with Gasteiger partial charge in [0, 0.05) is 12.8 Å². The molecule has 10 heteroatoms. The van der Waals surface area contributed by atoms with Crippen LogP contribution in [0.2, 0.25) is 0 Å². The lowest BCUT2D eigenvalue weighted by molar-refractivity contribution is -0.870. The van der Waals surface area contributed by atoms with Crippen LogP contribution in [0.15, 0.2) is 72.9 Å². The summed E-state index contributed by atoms with van der Waals surface area (Å²) in [5, 5.41) is 0. The van der Waals surface area contributed by atoms with E-state index in [1.54, 1.807) is 0 Å². The van der Waals surface area contributed by atoms with Gasteiger partial charge in [0.1, 0.15) is 19.8 Å². The maximum absolute atomic E-state index is 12.8. The molecule has 0 heterocycles. The van der Waals surface area contributed by atoms with Gasteiger partial charge in [-0.3, -0.25) is 14.2 Å². The zero-order valence-electron chi connectivity index (χ0n) is 47.4. The molecule has 0 aliphatic carbocycles. The van der Waals surface area contributed by atoms with E-state index in [9.17, 15) is 19.0 Å². The average molecular weight is 1030 g/mol. The Morgan fingerprint density at radius 2 is 0.792 bits per heavy atom. The van der Waals surface area contributed by atoms with Gasteiger partial charge in [-0.05, 0) is 83.5 Å². The second-order valence-electron chi connectivity index (χ2n) is 21.0. The van der Waals surface area contributed by atoms with E-state index in [0.717, 1.165) is 77.0 Å². The monoisotopic (exact) mass is 1030 g/mol. The lowest BCUT2D eigenvalue weighted by Crippen LogP contribution is -2.37. The number of unbranched alkanes of at least 4 members (excludes halogenated alkanes) is 28. The first-order valence-corrected chi connectivity index (χ1v) is 31.1. The van der Waals surface area contributed by atoms with Crippen molar-refractivity contribution in [3.8, 4) is 0 Å². The molecular weight excluding hydrogens is 918 g/mol. The molecule has 2 atom stereocenters. The van der Waals surface area contributed by atoms with Crippen LogP contribution in [0.25, 0.3) is 0 Å². The highest BCUT2D eigenvalue weighted by Gasteiger charge is 2.22. The van der Waals surface area contributed by atoms with Gasteiger partial charge in [0.25, 0.3) is 7.82 Å². The summed E-state index contributed by atoms with van der Waals surface area (Å²) >= 11 is 0. The first-order valence-electron chi connectivity index (χ1n) is 29.6. The minimum absolute atomic E-state index is 0.0378. The summed E-state index contributed by atoms with van der Waals surface area (Å²) in [6.07, 6.45) is 69.6. The van der Waals surface area contributed by atoms with Crippen LogP contribution in [-0.2, 0) is 32.7 Å². The fraction of sp³-hybridized carbons (Fsp3) is 0.774. The van der Waals surface area contributed by atoms with Gasteiger partial charge in [-0.2, -0.15) is 0 Å². The second kappa shape index (κ2) is 53.3. The molecule has 0 bridgehead atoms. The molecule has 0 aliphatic rings. The van der Waals surface area contributed by atoms with Gasteiger partial charge in [0.15, 0.2) is 6.10 Å². The first kappa shape index (κ1) is 69.5. The molecule has 0 spiro atoms. The number of likely N-dealkylation sites (N-methyl/N-ethyl adjacent to an activating group) is 1. The summed E-state index contributed by atoms with van der Waals surface area (Å²) < 4.78 is 34.1. The van der Waals surface area contributed by atoms with E-state index in [2.05, 4.69) is 86.8 Å². The van der Waals surface area contributed by atoms with Crippen molar-refractivity contribution in [2.24, 2.45) is 0 Å². The van der Waals surface area contributed by atoms with Crippen molar-refractivity contribution in [1.82, 2.24) is 0 Å². The number of esters is 2. The highest BCUT2D eigenvalue weighted by Crippen LogP contribution is 2.38. The van der Waals surface area contributed by atoms with Crippen molar-refractivity contribution < 1.29 is 42.1 Å². The smallest absolute Gasteiger partial charge is 0.306 e. The molecule has 9 nitrogen and oxygen atoms in total. The van der Waals surface area contributed by atoms with Crippen LogP contribution in [0.3, 0.4) is 0 Å². The van der Waals surface area contributed by atoms with Crippen molar-refractivity contribution in [3.05, 3.63) is 72.9 Å². The van der Waals surface area contributed by atoms with Crippen molar-refractivity contribution in [2.45, 2.75) is 264 Å². The van der Waals surface area contributed by atoms with E-state index < -0.39 is 26.5 Å². The number of phosphoric acid groups is 1. The molecule has 0 fully saturated rings. The van der Waals surface area contributed by atoms with Gasteiger partial charge in [-0.25, -0.2) is 0 Å². The summed E-state index contributed by atoms with van der Waals surface area (Å²) in [5.41, 5.74) is 0. The number of ether oxygens (including phenoxy) is 2. The lowest BCUT2D eigenvalue weighted by Gasteiger charge is -2.28. The number of carbonyl (C=O) groups is 2. The third-order valence-corrected chi connectivity index (χ3v) is 13.7. The SMILES string of the molecule is CC/C=C\C/C=C\C/C=C\C/C=C\CCCCCCC(=O)OC(COC(=O)CCCCCCCCCCCCCCCCCCCCC/C=C\C/C=C\CCCCCCC)COP(=O)([O-])OCC[N+](C)(C)C. The van der Waals surface area contributed by atoms with E-state index in [1.807, 2.05) is 21.1 Å². The normalized spacial score (nSPS) is 13.8. The molecule has 72 heavy (non-hydrogen) atoms. The van der Waals surface area contributed by atoms with Gasteiger partial charge in [0.2, 0.25) is 0 Å². The number of carbonyl (C=O) groups excluding carboxylic acids is 2. The predicted octanol–water partition coefficient (Wildman–Crippen LogP) is 17.8.